The average molecular weight is 285 g/mol. The summed E-state index contributed by atoms with van der Waals surface area (Å²) in [5.74, 6) is 0. The number of benzene rings is 1. The maximum atomic E-state index is 11.0. The van der Waals surface area contributed by atoms with Crippen molar-refractivity contribution in [1.29, 1.82) is 0 Å². The number of rotatable bonds is 4. The van der Waals surface area contributed by atoms with E-state index in [9.17, 15) is 10.1 Å². The molecule has 1 N–H and O–H groups in total. The highest BCUT2D eigenvalue weighted by molar-refractivity contribution is 6.31. The van der Waals surface area contributed by atoms with E-state index in [-0.39, 0.29) is 17.9 Å². The van der Waals surface area contributed by atoms with Crippen molar-refractivity contribution >= 4 is 17.3 Å². The summed E-state index contributed by atoms with van der Waals surface area (Å²) in [6.07, 6.45) is 1.99. The van der Waals surface area contributed by atoms with Gasteiger partial charge in [-0.25, -0.2) is 0 Å². The van der Waals surface area contributed by atoms with E-state index >= 15 is 0 Å². The fraction of sp³-hybridized carbons (Fsp3) is 0.538. The Bertz CT molecular complexity index is 473. The summed E-state index contributed by atoms with van der Waals surface area (Å²) in [6, 6.07) is 4.68. The van der Waals surface area contributed by atoms with Gasteiger partial charge in [0.15, 0.2) is 0 Å². The Kier molecular flexibility index (Phi) is 4.39. The van der Waals surface area contributed by atoms with Crippen LogP contribution >= 0.6 is 11.6 Å². The number of ether oxygens (including phenoxy) is 1. The molecule has 1 saturated heterocycles. The first kappa shape index (κ1) is 14.2. The van der Waals surface area contributed by atoms with Crippen LogP contribution in [0.1, 0.15) is 25.3 Å². The minimum Gasteiger partial charge on any atom is -0.369 e. The van der Waals surface area contributed by atoms with E-state index < -0.39 is 4.92 Å². The van der Waals surface area contributed by atoms with Crippen LogP contribution < -0.4 is 5.32 Å². The van der Waals surface area contributed by atoms with E-state index in [4.69, 9.17) is 16.3 Å². The summed E-state index contributed by atoms with van der Waals surface area (Å²) in [5.41, 5.74) is 0.173. The van der Waals surface area contributed by atoms with Gasteiger partial charge in [-0.15, -0.1) is 0 Å². The molecular formula is C13H17ClN2O3. The maximum absolute atomic E-state index is 11.0. The number of halogens is 1. The number of nitro groups is 1. The minimum atomic E-state index is -0.425. The van der Waals surface area contributed by atoms with Crippen molar-refractivity contribution in [2.24, 2.45) is 0 Å². The lowest BCUT2D eigenvalue weighted by Crippen LogP contribution is -2.45. The molecule has 0 bridgehead atoms. The molecule has 19 heavy (non-hydrogen) atoms. The lowest BCUT2D eigenvalue weighted by Gasteiger charge is -2.34. The molecule has 2 rings (SSSR count). The molecule has 104 valence electrons. The Balaban J connectivity index is 2.12. The number of hydrogen-bond donors (Lipinski definition) is 1. The number of hydrogen-bond acceptors (Lipinski definition) is 4. The van der Waals surface area contributed by atoms with E-state index in [0.29, 0.717) is 10.6 Å². The van der Waals surface area contributed by atoms with Gasteiger partial charge in [0.25, 0.3) is 5.69 Å². The highest BCUT2D eigenvalue weighted by Crippen LogP contribution is 2.29. The van der Waals surface area contributed by atoms with Crippen molar-refractivity contribution < 1.29 is 9.66 Å². The largest absolute Gasteiger partial charge is 0.369 e. The van der Waals surface area contributed by atoms with E-state index in [0.717, 1.165) is 25.9 Å². The quantitative estimate of drug-likeness (QED) is 0.682. The third-order valence-corrected chi connectivity index (χ3v) is 3.77. The zero-order valence-electron chi connectivity index (χ0n) is 10.8. The van der Waals surface area contributed by atoms with Crippen LogP contribution in [0.25, 0.3) is 0 Å². The van der Waals surface area contributed by atoms with Crippen molar-refractivity contribution in [3.05, 3.63) is 38.9 Å². The van der Waals surface area contributed by atoms with Crippen LogP contribution in [-0.2, 0) is 11.3 Å². The topological polar surface area (TPSA) is 64.4 Å². The number of nitrogens with zero attached hydrogens (tertiary/aromatic N) is 1. The smallest absolute Gasteiger partial charge is 0.276 e. The summed E-state index contributed by atoms with van der Waals surface area (Å²) >= 11 is 6.04. The van der Waals surface area contributed by atoms with Crippen LogP contribution in [-0.4, -0.2) is 23.6 Å². The van der Waals surface area contributed by atoms with Crippen molar-refractivity contribution in [1.82, 2.24) is 5.32 Å². The van der Waals surface area contributed by atoms with E-state index in [1.807, 2.05) is 6.92 Å². The summed E-state index contributed by atoms with van der Waals surface area (Å²) < 4.78 is 5.88. The van der Waals surface area contributed by atoms with Gasteiger partial charge < -0.3 is 10.1 Å². The van der Waals surface area contributed by atoms with Gasteiger partial charge in [-0.05, 0) is 32.4 Å². The summed E-state index contributed by atoms with van der Waals surface area (Å²) in [5, 5.41) is 14.6. The van der Waals surface area contributed by atoms with Crippen molar-refractivity contribution in [2.75, 3.05) is 13.1 Å². The van der Waals surface area contributed by atoms with Crippen LogP contribution in [0.15, 0.2) is 18.2 Å². The Morgan fingerprint density at radius 2 is 2.37 bits per heavy atom. The van der Waals surface area contributed by atoms with Gasteiger partial charge in [0.05, 0.1) is 27.7 Å². The Labute approximate surface area is 117 Å². The van der Waals surface area contributed by atoms with E-state index in [1.165, 1.54) is 6.07 Å². The van der Waals surface area contributed by atoms with Gasteiger partial charge in [0.2, 0.25) is 0 Å². The Morgan fingerprint density at radius 1 is 1.58 bits per heavy atom. The second-order valence-electron chi connectivity index (χ2n) is 5.01. The zero-order valence-corrected chi connectivity index (χ0v) is 11.6. The molecule has 0 radical (unpaired) electrons. The van der Waals surface area contributed by atoms with Gasteiger partial charge in [0.1, 0.15) is 0 Å². The van der Waals surface area contributed by atoms with Gasteiger partial charge >= 0.3 is 0 Å². The van der Waals surface area contributed by atoms with Gasteiger partial charge in [-0.2, -0.15) is 0 Å². The predicted molar refractivity (Wildman–Crippen MR) is 73.4 cm³/mol. The summed E-state index contributed by atoms with van der Waals surface area (Å²) in [6.45, 7) is 3.92. The number of nitrogens with one attached hydrogen (secondary N) is 1. The van der Waals surface area contributed by atoms with Crippen LogP contribution in [0.4, 0.5) is 5.69 Å². The molecule has 1 heterocycles. The first-order valence-corrected chi connectivity index (χ1v) is 6.66. The SMILES string of the molecule is CC1(OCc2c(Cl)cccc2[N+](=O)[O-])CCCNC1. The minimum absolute atomic E-state index is 0.0138. The van der Waals surface area contributed by atoms with Crippen molar-refractivity contribution in [3.8, 4) is 0 Å². The molecule has 0 saturated carbocycles. The standard InChI is InChI=1S/C13H17ClN2O3/c1-13(6-3-7-15-9-13)19-8-10-11(14)4-2-5-12(10)16(17)18/h2,4-5,15H,3,6-9H2,1H3. The molecule has 1 aromatic rings. The lowest BCUT2D eigenvalue weighted by molar-refractivity contribution is -0.386. The monoisotopic (exact) mass is 284 g/mol. The molecule has 1 unspecified atom stereocenters. The van der Waals surface area contributed by atoms with Gasteiger partial charge in [-0.3, -0.25) is 10.1 Å². The predicted octanol–water partition coefficient (Wildman–Crippen LogP) is 2.91. The molecular weight excluding hydrogens is 268 g/mol. The Morgan fingerprint density at radius 3 is 3.00 bits per heavy atom. The molecule has 1 atom stereocenters. The summed E-state index contributed by atoms with van der Waals surface area (Å²) in [4.78, 5) is 10.6. The first-order valence-electron chi connectivity index (χ1n) is 6.28. The number of nitro benzene ring substituents is 1. The zero-order chi connectivity index (χ0) is 13.9. The molecule has 0 amide bonds. The van der Waals surface area contributed by atoms with Crippen LogP contribution in [0.5, 0.6) is 0 Å². The maximum Gasteiger partial charge on any atom is 0.276 e. The van der Waals surface area contributed by atoms with Crippen LogP contribution in [0.2, 0.25) is 5.02 Å². The van der Waals surface area contributed by atoms with E-state index in [2.05, 4.69) is 5.32 Å². The highest BCUT2D eigenvalue weighted by Gasteiger charge is 2.29. The molecule has 1 aromatic carbocycles. The third-order valence-electron chi connectivity index (χ3n) is 3.41. The second kappa shape index (κ2) is 5.86. The normalized spacial score (nSPS) is 23.3. The summed E-state index contributed by atoms with van der Waals surface area (Å²) in [7, 11) is 0. The molecule has 0 aliphatic carbocycles. The molecule has 5 nitrogen and oxygen atoms in total. The molecule has 6 heteroatoms. The first-order chi connectivity index (χ1) is 9.02. The number of piperidine rings is 1. The highest BCUT2D eigenvalue weighted by atomic mass is 35.5. The average Bonchev–Trinajstić information content (AvgIpc) is 2.38. The van der Waals surface area contributed by atoms with Crippen LogP contribution in [0.3, 0.4) is 0 Å². The van der Waals surface area contributed by atoms with E-state index in [1.54, 1.807) is 12.1 Å². The molecule has 1 aliphatic heterocycles. The second-order valence-corrected chi connectivity index (χ2v) is 5.42. The van der Waals surface area contributed by atoms with Crippen molar-refractivity contribution in [2.45, 2.75) is 32.0 Å². The molecule has 1 aliphatic rings. The van der Waals surface area contributed by atoms with Crippen LogP contribution in [0, 0.1) is 10.1 Å². The molecule has 0 aromatic heterocycles. The lowest BCUT2D eigenvalue weighted by atomic mass is 9.96. The molecule has 0 spiro atoms. The van der Waals surface area contributed by atoms with Crippen molar-refractivity contribution in [3.63, 3.8) is 0 Å². The Hall–Kier alpha value is -1.17. The molecule has 1 fully saturated rings. The van der Waals surface area contributed by atoms with Gasteiger partial charge in [0, 0.05) is 12.6 Å². The van der Waals surface area contributed by atoms with Gasteiger partial charge in [-0.1, -0.05) is 17.7 Å². The third kappa shape index (κ3) is 3.43. The fourth-order valence-electron chi connectivity index (χ4n) is 2.26. The fourth-order valence-corrected chi connectivity index (χ4v) is 2.48.